The molecule has 0 aliphatic carbocycles. The topological polar surface area (TPSA) is 74.6 Å². The maximum absolute atomic E-state index is 13.5. The maximum Gasteiger partial charge on any atom is 0.293 e. The number of hydrogen-bond acceptors (Lipinski definition) is 5. The lowest BCUT2D eigenvalue weighted by Gasteiger charge is -2.57. The number of likely N-dealkylation sites (tertiary alicyclic amines) is 3. The Kier molecular flexibility index (Phi) is 5.21. The molecule has 8 nitrogen and oxygen atoms in total. The van der Waals surface area contributed by atoms with Crippen molar-refractivity contribution in [1.29, 1.82) is 0 Å². The minimum absolute atomic E-state index is 0.111. The Balaban J connectivity index is 1.26. The molecule has 0 radical (unpaired) electrons. The number of halogens is 1. The van der Waals surface area contributed by atoms with E-state index in [-0.39, 0.29) is 29.0 Å². The van der Waals surface area contributed by atoms with Gasteiger partial charge in [-0.25, -0.2) is 14.1 Å². The van der Waals surface area contributed by atoms with Gasteiger partial charge in [0.25, 0.3) is 5.91 Å². The van der Waals surface area contributed by atoms with Crippen molar-refractivity contribution in [3.05, 3.63) is 42.2 Å². The van der Waals surface area contributed by atoms with E-state index in [4.69, 9.17) is 0 Å². The van der Waals surface area contributed by atoms with E-state index in [1.165, 1.54) is 23.1 Å². The molecule has 5 rings (SSSR count). The van der Waals surface area contributed by atoms with Gasteiger partial charge in [-0.05, 0) is 50.3 Å². The zero-order valence-corrected chi connectivity index (χ0v) is 17.5. The van der Waals surface area contributed by atoms with Crippen LogP contribution >= 0.6 is 0 Å². The monoisotopic (exact) mass is 426 g/mol. The Morgan fingerprint density at radius 1 is 1.03 bits per heavy atom. The van der Waals surface area contributed by atoms with E-state index in [0.717, 1.165) is 51.7 Å². The van der Waals surface area contributed by atoms with Crippen molar-refractivity contribution in [3.63, 3.8) is 0 Å². The van der Waals surface area contributed by atoms with Crippen molar-refractivity contribution in [2.45, 2.75) is 37.6 Å². The highest BCUT2D eigenvalue weighted by Crippen LogP contribution is 2.38. The third kappa shape index (κ3) is 3.82. The molecular weight excluding hydrogens is 399 g/mol. The number of hydrogen-bond donors (Lipinski definition) is 0. The molecule has 3 aliphatic rings. The highest BCUT2D eigenvalue weighted by atomic mass is 19.1. The van der Waals surface area contributed by atoms with Crippen LogP contribution in [0.2, 0.25) is 0 Å². The molecule has 164 valence electrons. The lowest BCUT2D eigenvalue weighted by Crippen LogP contribution is -2.68. The Labute approximate surface area is 180 Å². The summed E-state index contributed by atoms with van der Waals surface area (Å²) in [7, 11) is 0. The second kappa shape index (κ2) is 8.03. The summed E-state index contributed by atoms with van der Waals surface area (Å²) in [5.74, 6) is -0.268. The first kappa shape index (κ1) is 20.1. The molecule has 1 spiro atoms. The normalized spacial score (nSPS) is 23.9. The average Bonchev–Trinajstić information content (AvgIpc) is 3.49. The van der Waals surface area contributed by atoms with E-state index >= 15 is 0 Å². The summed E-state index contributed by atoms with van der Waals surface area (Å²) in [5, 5.41) is 4.28. The van der Waals surface area contributed by atoms with Gasteiger partial charge in [-0.1, -0.05) is 6.07 Å². The fourth-order valence-electron chi connectivity index (χ4n) is 5.06. The average molecular weight is 426 g/mol. The quantitative estimate of drug-likeness (QED) is 0.744. The molecule has 0 saturated carbocycles. The molecule has 9 heteroatoms. The van der Waals surface area contributed by atoms with Crippen LogP contribution in [0, 0.1) is 5.82 Å². The van der Waals surface area contributed by atoms with Gasteiger partial charge in [0.1, 0.15) is 12.1 Å². The number of aromatic nitrogens is 3. The first-order chi connectivity index (χ1) is 15.0. The van der Waals surface area contributed by atoms with E-state index in [0.29, 0.717) is 25.3 Å². The van der Waals surface area contributed by atoms with Gasteiger partial charge in [-0.2, -0.15) is 0 Å². The number of benzene rings is 1. The van der Waals surface area contributed by atoms with Gasteiger partial charge in [0.05, 0.1) is 12.2 Å². The van der Waals surface area contributed by atoms with Gasteiger partial charge in [0.2, 0.25) is 11.7 Å². The van der Waals surface area contributed by atoms with E-state index in [2.05, 4.69) is 15.0 Å². The molecule has 1 atom stereocenters. The molecule has 4 heterocycles. The lowest BCUT2D eigenvalue weighted by atomic mass is 9.77. The number of carbonyl (C=O) groups excluding carboxylic acids is 2. The van der Waals surface area contributed by atoms with E-state index in [1.807, 2.05) is 4.90 Å². The molecule has 0 N–H and O–H groups in total. The minimum Gasteiger partial charge on any atom is -0.342 e. The summed E-state index contributed by atoms with van der Waals surface area (Å²) in [6.45, 7) is 4.31. The zero-order chi connectivity index (χ0) is 21.4. The lowest BCUT2D eigenvalue weighted by molar-refractivity contribution is -0.138. The molecule has 31 heavy (non-hydrogen) atoms. The zero-order valence-electron chi connectivity index (χ0n) is 17.5. The highest BCUT2D eigenvalue weighted by Gasteiger charge is 2.49. The smallest absolute Gasteiger partial charge is 0.293 e. The van der Waals surface area contributed by atoms with Crippen molar-refractivity contribution in [1.82, 2.24) is 29.5 Å². The summed E-state index contributed by atoms with van der Waals surface area (Å²) >= 11 is 0. The van der Waals surface area contributed by atoms with Gasteiger partial charge in [-0.15, -0.1) is 5.10 Å². The third-order valence-electron chi connectivity index (χ3n) is 6.90. The Hall–Kier alpha value is -2.81. The SMILES string of the molecule is O=C(CN1CC[C@]12CCCN(C(=O)c1ncn(-c3cccc(F)c3)n1)C2)N1CCCC1. The summed E-state index contributed by atoms with van der Waals surface area (Å²) < 4.78 is 14.9. The van der Waals surface area contributed by atoms with Gasteiger partial charge in [-0.3, -0.25) is 14.5 Å². The van der Waals surface area contributed by atoms with Gasteiger partial charge in [0, 0.05) is 38.3 Å². The third-order valence-corrected chi connectivity index (χ3v) is 6.90. The molecule has 0 unspecified atom stereocenters. The van der Waals surface area contributed by atoms with Crippen molar-refractivity contribution in [2.75, 3.05) is 39.3 Å². The van der Waals surface area contributed by atoms with Crippen LogP contribution in [0.1, 0.15) is 42.7 Å². The van der Waals surface area contributed by atoms with Crippen LogP contribution in [-0.4, -0.2) is 86.1 Å². The van der Waals surface area contributed by atoms with E-state index < -0.39 is 0 Å². The van der Waals surface area contributed by atoms with Crippen LogP contribution in [-0.2, 0) is 4.79 Å². The van der Waals surface area contributed by atoms with Gasteiger partial charge < -0.3 is 9.80 Å². The second-order valence-electron chi connectivity index (χ2n) is 8.81. The number of rotatable bonds is 4. The van der Waals surface area contributed by atoms with E-state index in [9.17, 15) is 14.0 Å². The van der Waals surface area contributed by atoms with Crippen LogP contribution in [0.5, 0.6) is 0 Å². The number of amides is 2. The van der Waals surface area contributed by atoms with Crippen molar-refractivity contribution in [3.8, 4) is 5.69 Å². The van der Waals surface area contributed by atoms with Crippen molar-refractivity contribution < 1.29 is 14.0 Å². The Morgan fingerprint density at radius 3 is 2.58 bits per heavy atom. The molecular formula is C22H27FN6O2. The molecule has 0 bridgehead atoms. The molecule has 2 amide bonds. The van der Waals surface area contributed by atoms with Crippen molar-refractivity contribution >= 4 is 11.8 Å². The van der Waals surface area contributed by atoms with Gasteiger partial charge in [0.15, 0.2) is 0 Å². The van der Waals surface area contributed by atoms with Crippen LogP contribution in [0.4, 0.5) is 4.39 Å². The molecule has 1 aromatic carbocycles. The molecule has 3 saturated heterocycles. The highest BCUT2D eigenvalue weighted by molar-refractivity contribution is 5.90. The largest absolute Gasteiger partial charge is 0.342 e. The van der Waals surface area contributed by atoms with Crippen molar-refractivity contribution in [2.24, 2.45) is 0 Å². The maximum atomic E-state index is 13.5. The van der Waals surface area contributed by atoms with Crippen LogP contribution in [0.25, 0.3) is 5.69 Å². The molecule has 1 aromatic heterocycles. The standard InChI is InChI=1S/C22H27FN6O2/c23-17-5-3-6-18(13-17)29-16-24-20(25-29)21(31)27-11-4-7-22(15-27)8-12-28(22)14-19(30)26-9-1-2-10-26/h3,5-6,13,16H,1-2,4,7-12,14-15H2/t22-/m0/s1. The summed E-state index contributed by atoms with van der Waals surface area (Å²) in [4.78, 5) is 35.9. The Bertz CT molecular complexity index is 988. The first-order valence-electron chi connectivity index (χ1n) is 11.0. The van der Waals surface area contributed by atoms with E-state index in [1.54, 1.807) is 17.0 Å². The first-order valence-corrected chi connectivity index (χ1v) is 11.0. The fraction of sp³-hybridized carbons (Fsp3) is 0.545. The van der Waals surface area contributed by atoms with Crippen LogP contribution in [0.3, 0.4) is 0 Å². The predicted octanol–water partition coefficient (Wildman–Crippen LogP) is 1.71. The summed E-state index contributed by atoms with van der Waals surface area (Å²) in [6.07, 6.45) is 6.50. The molecule has 3 aliphatic heterocycles. The molecule has 3 fully saturated rings. The predicted molar refractivity (Wildman–Crippen MR) is 111 cm³/mol. The fourth-order valence-corrected chi connectivity index (χ4v) is 5.06. The summed E-state index contributed by atoms with van der Waals surface area (Å²) in [5.41, 5.74) is 0.404. The number of carbonyl (C=O) groups is 2. The second-order valence-corrected chi connectivity index (χ2v) is 8.81. The summed E-state index contributed by atoms with van der Waals surface area (Å²) in [6, 6.07) is 6.02. The Morgan fingerprint density at radius 2 is 1.84 bits per heavy atom. The van der Waals surface area contributed by atoms with Gasteiger partial charge >= 0.3 is 0 Å². The minimum atomic E-state index is -0.368. The number of piperidine rings is 1. The number of nitrogens with zero attached hydrogens (tertiary/aromatic N) is 6. The van der Waals surface area contributed by atoms with Crippen LogP contribution in [0.15, 0.2) is 30.6 Å². The van der Waals surface area contributed by atoms with Crippen LogP contribution < -0.4 is 0 Å². The molecule has 2 aromatic rings.